The van der Waals surface area contributed by atoms with E-state index < -0.39 is 29.7 Å². The second-order valence-corrected chi connectivity index (χ2v) is 6.62. The number of carbonyl (C=O) groups excluding carboxylic acids is 2. The summed E-state index contributed by atoms with van der Waals surface area (Å²) in [6.07, 6.45) is 1.88. The summed E-state index contributed by atoms with van der Waals surface area (Å²) in [5, 5.41) is 11.9. The number of hydrogen-bond donors (Lipinski definition) is 1. The number of aromatic nitrogens is 2. The molecule has 0 saturated heterocycles. The van der Waals surface area contributed by atoms with Crippen molar-refractivity contribution in [2.45, 2.75) is 39.3 Å². The summed E-state index contributed by atoms with van der Waals surface area (Å²) in [4.78, 5) is 49.1. The summed E-state index contributed by atoms with van der Waals surface area (Å²) in [5.74, 6) is -1.04. The van der Waals surface area contributed by atoms with Crippen LogP contribution in [0.4, 0.5) is 5.69 Å². The molecule has 9 heteroatoms. The fourth-order valence-corrected chi connectivity index (χ4v) is 3.20. The zero-order valence-corrected chi connectivity index (χ0v) is 15.9. The van der Waals surface area contributed by atoms with E-state index in [4.69, 9.17) is 4.74 Å². The number of hydrogen-bond acceptors (Lipinski definition) is 6. The van der Waals surface area contributed by atoms with Gasteiger partial charge in [-0.25, -0.2) is 14.2 Å². The maximum Gasteiger partial charge on any atom is 0.338 e. The first-order valence-corrected chi connectivity index (χ1v) is 9.30. The van der Waals surface area contributed by atoms with Crippen LogP contribution in [0, 0.1) is 11.3 Å². The van der Waals surface area contributed by atoms with E-state index in [0.29, 0.717) is 42.9 Å². The summed E-state index contributed by atoms with van der Waals surface area (Å²) >= 11 is 0. The monoisotopic (exact) mass is 396 g/mol. The Kier molecular flexibility index (Phi) is 5.93. The Morgan fingerprint density at radius 1 is 1.24 bits per heavy atom. The van der Waals surface area contributed by atoms with Crippen molar-refractivity contribution >= 4 is 17.6 Å². The quantitative estimate of drug-likeness (QED) is 0.728. The summed E-state index contributed by atoms with van der Waals surface area (Å²) in [6, 6.07) is 7.93. The van der Waals surface area contributed by atoms with Crippen LogP contribution in [0.1, 0.15) is 41.4 Å². The van der Waals surface area contributed by atoms with Crippen LogP contribution in [0.25, 0.3) is 0 Å². The first-order chi connectivity index (χ1) is 14.0. The summed E-state index contributed by atoms with van der Waals surface area (Å²) < 4.78 is 7.19. The van der Waals surface area contributed by atoms with Gasteiger partial charge in [0, 0.05) is 17.9 Å². The molecule has 2 aromatic rings. The van der Waals surface area contributed by atoms with Gasteiger partial charge in [-0.05, 0) is 43.5 Å². The van der Waals surface area contributed by atoms with Crippen LogP contribution >= 0.6 is 0 Å². The van der Waals surface area contributed by atoms with E-state index in [1.165, 1.54) is 28.8 Å². The molecular formula is C20H20N4O5. The van der Waals surface area contributed by atoms with Crippen molar-refractivity contribution in [3.63, 3.8) is 0 Å². The summed E-state index contributed by atoms with van der Waals surface area (Å²) in [5.41, 5.74) is -0.255. The standard InChI is InChI=1S/C20H20N4O5/c1-2-10-29-19(27)13-5-7-14(8-6-13)22-17(25)12-24-18(26)15(11-21)16-4-3-9-23(16)20(24)28/h5-8H,2-4,9-10,12H2,1H3,(H,22,25). The van der Waals surface area contributed by atoms with Crippen LogP contribution in [0.2, 0.25) is 0 Å². The number of nitriles is 1. The number of rotatable bonds is 6. The molecule has 0 spiro atoms. The molecule has 1 amide bonds. The Bertz CT molecular complexity index is 1110. The van der Waals surface area contributed by atoms with Crippen molar-refractivity contribution < 1.29 is 14.3 Å². The fourth-order valence-electron chi connectivity index (χ4n) is 3.20. The third-order valence-electron chi connectivity index (χ3n) is 4.59. The number of ether oxygens (including phenoxy) is 1. The SMILES string of the molecule is CCCOC(=O)c1ccc(NC(=O)Cn2c(=O)c(C#N)c3n(c2=O)CCC3)cc1. The number of carbonyl (C=O) groups is 2. The molecule has 150 valence electrons. The molecule has 1 aliphatic heterocycles. The molecule has 0 atom stereocenters. The van der Waals surface area contributed by atoms with Gasteiger partial charge < -0.3 is 10.1 Å². The fraction of sp³-hybridized carbons (Fsp3) is 0.350. The van der Waals surface area contributed by atoms with Crippen LogP contribution < -0.4 is 16.6 Å². The Morgan fingerprint density at radius 2 is 1.97 bits per heavy atom. The van der Waals surface area contributed by atoms with E-state index in [-0.39, 0.29) is 5.56 Å². The number of fused-ring (bicyclic) bond motifs is 1. The van der Waals surface area contributed by atoms with Gasteiger partial charge in [0.15, 0.2) is 0 Å². The van der Waals surface area contributed by atoms with Gasteiger partial charge in [-0.2, -0.15) is 5.26 Å². The highest BCUT2D eigenvalue weighted by atomic mass is 16.5. The maximum atomic E-state index is 12.5. The number of benzene rings is 1. The molecule has 0 unspecified atom stereocenters. The smallest absolute Gasteiger partial charge is 0.338 e. The third kappa shape index (κ3) is 4.11. The van der Waals surface area contributed by atoms with Crippen LogP contribution in [-0.2, 0) is 29.0 Å². The number of esters is 1. The lowest BCUT2D eigenvalue weighted by Crippen LogP contribution is -2.44. The number of nitrogens with one attached hydrogen (secondary N) is 1. The molecule has 1 aromatic heterocycles. The van der Waals surface area contributed by atoms with E-state index in [2.05, 4.69) is 5.32 Å². The number of amides is 1. The summed E-state index contributed by atoms with van der Waals surface area (Å²) in [7, 11) is 0. The molecule has 2 heterocycles. The zero-order valence-electron chi connectivity index (χ0n) is 15.9. The van der Waals surface area contributed by atoms with Gasteiger partial charge in [0.05, 0.1) is 12.2 Å². The molecule has 0 fully saturated rings. The van der Waals surface area contributed by atoms with E-state index in [1.807, 2.05) is 13.0 Å². The molecule has 0 bridgehead atoms. The molecule has 0 radical (unpaired) electrons. The highest BCUT2D eigenvalue weighted by molar-refractivity contribution is 5.93. The first-order valence-electron chi connectivity index (χ1n) is 9.30. The molecule has 3 rings (SSSR count). The molecule has 1 aromatic carbocycles. The lowest BCUT2D eigenvalue weighted by molar-refractivity contribution is -0.116. The Balaban J connectivity index is 1.75. The van der Waals surface area contributed by atoms with Gasteiger partial charge >= 0.3 is 11.7 Å². The third-order valence-corrected chi connectivity index (χ3v) is 4.59. The molecule has 0 saturated carbocycles. The number of anilines is 1. The van der Waals surface area contributed by atoms with Gasteiger partial charge in [-0.3, -0.25) is 14.2 Å². The van der Waals surface area contributed by atoms with Crippen LogP contribution in [0.15, 0.2) is 33.9 Å². The van der Waals surface area contributed by atoms with Crippen LogP contribution in [0.5, 0.6) is 0 Å². The molecule has 1 aliphatic rings. The van der Waals surface area contributed by atoms with Crippen molar-refractivity contribution in [2.75, 3.05) is 11.9 Å². The van der Waals surface area contributed by atoms with Crippen LogP contribution in [-0.4, -0.2) is 27.6 Å². The van der Waals surface area contributed by atoms with Gasteiger partial charge in [-0.15, -0.1) is 0 Å². The second-order valence-electron chi connectivity index (χ2n) is 6.62. The van der Waals surface area contributed by atoms with Crippen molar-refractivity contribution in [3.05, 3.63) is 61.9 Å². The molecule has 29 heavy (non-hydrogen) atoms. The Labute approximate surface area is 166 Å². The topological polar surface area (TPSA) is 123 Å². The van der Waals surface area contributed by atoms with E-state index in [1.54, 1.807) is 0 Å². The predicted octanol–water partition coefficient (Wildman–Crippen LogP) is 1.03. The molecular weight excluding hydrogens is 376 g/mol. The predicted molar refractivity (Wildman–Crippen MR) is 104 cm³/mol. The van der Waals surface area contributed by atoms with Crippen molar-refractivity contribution in [3.8, 4) is 6.07 Å². The van der Waals surface area contributed by atoms with E-state index in [0.717, 1.165) is 11.0 Å². The van der Waals surface area contributed by atoms with Gasteiger partial charge in [-0.1, -0.05) is 6.92 Å². The van der Waals surface area contributed by atoms with E-state index in [9.17, 15) is 24.4 Å². The van der Waals surface area contributed by atoms with Gasteiger partial charge in [0.1, 0.15) is 18.2 Å². The van der Waals surface area contributed by atoms with Gasteiger partial charge in [0.2, 0.25) is 5.91 Å². The van der Waals surface area contributed by atoms with Crippen molar-refractivity contribution in [1.82, 2.24) is 9.13 Å². The Morgan fingerprint density at radius 3 is 2.62 bits per heavy atom. The first kappa shape index (κ1) is 20.1. The zero-order chi connectivity index (χ0) is 21.0. The molecule has 0 aliphatic carbocycles. The highest BCUT2D eigenvalue weighted by Gasteiger charge is 2.23. The van der Waals surface area contributed by atoms with Gasteiger partial charge in [0.25, 0.3) is 5.56 Å². The normalized spacial score (nSPS) is 12.1. The average molecular weight is 396 g/mol. The average Bonchev–Trinajstić information content (AvgIpc) is 3.20. The van der Waals surface area contributed by atoms with E-state index >= 15 is 0 Å². The minimum Gasteiger partial charge on any atom is -0.462 e. The molecule has 1 N–H and O–H groups in total. The summed E-state index contributed by atoms with van der Waals surface area (Å²) in [6.45, 7) is 2.13. The Hall–Kier alpha value is -3.67. The highest BCUT2D eigenvalue weighted by Crippen LogP contribution is 2.13. The van der Waals surface area contributed by atoms with Crippen LogP contribution in [0.3, 0.4) is 0 Å². The minimum absolute atomic E-state index is 0.0927. The number of nitrogens with zero attached hydrogens (tertiary/aromatic N) is 3. The van der Waals surface area contributed by atoms with Crippen molar-refractivity contribution in [2.24, 2.45) is 0 Å². The molecule has 9 nitrogen and oxygen atoms in total. The maximum absolute atomic E-state index is 12.5. The lowest BCUT2D eigenvalue weighted by Gasteiger charge is -2.11. The van der Waals surface area contributed by atoms with Crippen molar-refractivity contribution in [1.29, 1.82) is 5.26 Å². The lowest BCUT2D eigenvalue weighted by atomic mass is 10.2. The largest absolute Gasteiger partial charge is 0.462 e. The minimum atomic E-state index is -0.755. The second kappa shape index (κ2) is 8.56.